The van der Waals surface area contributed by atoms with Crippen LogP contribution in [0.3, 0.4) is 0 Å². The number of nitrogens with one attached hydrogen (secondary N) is 1. The smallest absolute Gasteiger partial charge is 0.228 e. The number of rotatable bonds is 7. The minimum absolute atomic E-state index is 0.102. The number of benzene rings is 2. The molecule has 0 saturated heterocycles. The van der Waals surface area contributed by atoms with E-state index in [0.29, 0.717) is 17.2 Å². The molecular formula is C20H25NO4. The summed E-state index contributed by atoms with van der Waals surface area (Å²) < 4.78 is 16.1. The lowest BCUT2D eigenvalue weighted by Gasteiger charge is -2.16. The molecule has 0 aliphatic heterocycles. The van der Waals surface area contributed by atoms with Crippen LogP contribution in [0.2, 0.25) is 0 Å². The van der Waals surface area contributed by atoms with Crippen molar-refractivity contribution in [2.45, 2.75) is 26.7 Å². The fourth-order valence-electron chi connectivity index (χ4n) is 2.86. The van der Waals surface area contributed by atoms with E-state index in [1.807, 2.05) is 31.2 Å². The van der Waals surface area contributed by atoms with Gasteiger partial charge in [0.15, 0.2) is 11.5 Å². The molecule has 0 fully saturated rings. The zero-order chi connectivity index (χ0) is 18.4. The third-order valence-electron chi connectivity index (χ3n) is 4.14. The van der Waals surface area contributed by atoms with E-state index in [1.54, 1.807) is 27.4 Å². The Balaban J connectivity index is 2.27. The first-order valence-electron chi connectivity index (χ1n) is 8.21. The lowest BCUT2D eigenvalue weighted by Crippen LogP contribution is -2.17. The maximum Gasteiger partial charge on any atom is 0.228 e. The van der Waals surface area contributed by atoms with Crippen LogP contribution in [0, 0.1) is 6.92 Å². The number of aryl methyl sites for hydroxylation is 2. The maximum absolute atomic E-state index is 12.6. The fraction of sp³-hybridized carbons (Fsp3) is 0.350. The third-order valence-corrected chi connectivity index (χ3v) is 4.14. The summed E-state index contributed by atoms with van der Waals surface area (Å²) >= 11 is 0. The summed E-state index contributed by atoms with van der Waals surface area (Å²) in [5.41, 5.74) is 3.79. The molecule has 0 heterocycles. The van der Waals surface area contributed by atoms with Crippen molar-refractivity contribution in [2.24, 2.45) is 0 Å². The molecule has 1 N–H and O–H groups in total. The van der Waals surface area contributed by atoms with E-state index < -0.39 is 0 Å². The van der Waals surface area contributed by atoms with Crippen LogP contribution in [0.4, 0.5) is 5.69 Å². The Morgan fingerprint density at radius 1 is 0.960 bits per heavy atom. The van der Waals surface area contributed by atoms with E-state index in [2.05, 4.69) is 12.2 Å². The van der Waals surface area contributed by atoms with Crippen LogP contribution in [0.1, 0.15) is 23.6 Å². The highest BCUT2D eigenvalue weighted by molar-refractivity contribution is 5.94. The molecule has 2 aromatic carbocycles. The summed E-state index contributed by atoms with van der Waals surface area (Å²) in [6.07, 6.45) is 1.04. The normalized spacial score (nSPS) is 10.3. The van der Waals surface area contributed by atoms with E-state index in [4.69, 9.17) is 14.2 Å². The number of carbonyl (C=O) groups is 1. The topological polar surface area (TPSA) is 56.8 Å². The predicted molar refractivity (Wildman–Crippen MR) is 99.0 cm³/mol. The van der Waals surface area contributed by atoms with Crippen molar-refractivity contribution < 1.29 is 19.0 Å². The summed E-state index contributed by atoms with van der Waals surface area (Å²) in [5, 5.41) is 3.03. The van der Waals surface area contributed by atoms with Gasteiger partial charge in [-0.1, -0.05) is 31.2 Å². The molecule has 5 nitrogen and oxygen atoms in total. The van der Waals surface area contributed by atoms with Gasteiger partial charge in [0.2, 0.25) is 11.7 Å². The summed E-state index contributed by atoms with van der Waals surface area (Å²) in [7, 11) is 4.66. The Kier molecular flexibility index (Phi) is 6.28. The van der Waals surface area contributed by atoms with Gasteiger partial charge in [0.05, 0.1) is 27.8 Å². The van der Waals surface area contributed by atoms with Gasteiger partial charge in [-0.15, -0.1) is 0 Å². The number of ether oxygens (including phenoxy) is 3. The zero-order valence-electron chi connectivity index (χ0n) is 15.4. The molecule has 2 aromatic rings. The Morgan fingerprint density at radius 2 is 1.68 bits per heavy atom. The van der Waals surface area contributed by atoms with E-state index >= 15 is 0 Å². The second kappa shape index (κ2) is 8.42. The number of para-hydroxylation sites is 1. The van der Waals surface area contributed by atoms with Crippen molar-refractivity contribution >= 4 is 11.6 Å². The molecule has 0 radical (unpaired) electrons. The molecule has 0 aliphatic carbocycles. The monoisotopic (exact) mass is 343 g/mol. The van der Waals surface area contributed by atoms with E-state index in [0.717, 1.165) is 28.8 Å². The molecule has 0 saturated carbocycles. The van der Waals surface area contributed by atoms with Gasteiger partial charge in [0.25, 0.3) is 0 Å². The van der Waals surface area contributed by atoms with E-state index in [-0.39, 0.29) is 12.3 Å². The first-order valence-corrected chi connectivity index (χ1v) is 8.21. The van der Waals surface area contributed by atoms with Crippen LogP contribution in [0.15, 0.2) is 30.3 Å². The van der Waals surface area contributed by atoms with Crippen molar-refractivity contribution in [3.05, 3.63) is 47.0 Å². The molecule has 0 unspecified atom stereocenters. The van der Waals surface area contributed by atoms with E-state index in [1.165, 1.54) is 0 Å². The van der Waals surface area contributed by atoms with Gasteiger partial charge in [-0.3, -0.25) is 4.79 Å². The van der Waals surface area contributed by atoms with Gasteiger partial charge < -0.3 is 19.5 Å². The summed E-state index contributed by atoms with van der Waals surface area (Å²) in [6.45, 7) is 4.06. The van der Waals surface area contributed by atoms with Crippen LogP contribution in [-0.2, 0) is 17.6 Å². The molecule has 5 heteroatoms. The van der Waals surface area contributed by atoms with Crippen molar-refractivity contribution in [1.29, 1.82) is 0 Å². The number of anilines is 1. The fourth-order valence-corrected chi connectivity index (χ4v) is 2.86. The highest BCUT2D eigenvalue weighted by Gasteiger charge is 2.18. The summed E-state index contributed by atoms with van der Waals surface area (Å²) in [4.78, 5) is 12.6. The van der Waals surface area contributed by atoms with Crippen LogP contribution in [-0.4, -0.2) is 27.2 Å². The van der Waals surface area contributed by atoms with E-state index in [9.17, 15) is 4.79 Å². The lowest BCUT2D eigenvalue weighted by atomic mass is 10.0. The average molecular weight is 343 g/mol. The first kappa shape index (κ1) is 18.6. The molecule has 0 aromatic heterocycles. The highest BCUT2D eigenvalue weighted by atomic mass is 16.5. The number of amides is 1. The molecule has 134 valence electrons. The Hall–Kier alpha value is -2.69. The van der Waals surface area contributed by atoms with Crippen molar-refractivity contribution in [3.8, 4) is 17.2 Å². The number of methoxy groups -OCH3 is 3. The van der Waals surface area contributed by atoms with Gasteiger partial charge in [-0.05, 0) is 30.5 Å². The third kappa shape index (κ3) is 4.05. The molecule has 1 amide bonds. The van der Waals surface area contributed by atoms with Gasteiger partial charge in [-0.2, -0.15) is 0 Å². The number of carbonyl (C=O) groups excluding carboxylic acids is 1. The molecule has 0 aliphatic rings. The predicted octanol–water partition coefficient (Wildman–Crippen LogP) is 3.76. The molecule has 0 spiro atoms. The van der Waals surface area contributed by atoms with Crippen molar-refractivity contribution in [1.82, 2.24) is 0 Å². The maximum atomic E-state index is 12.6. The standard InChI is InChI=1S/C20H25NO4/c1-6-14-9-7-8-13(2)18(14)21-17(22)12-15-10-11-16(23-3)20(25-5)19(15)24-4/h7-11H,6,12H2,1-5H3,(H,21,22). The quantitative estimate of drug-likeness (QED) is 0.831. The van der Waals surface area contributed by atoms with Gasteiger partial charge in [-0.25, -0.2) is 0 Å². The van der Waals surface area contributed by atoms with Crippen molar-refractivity contribution in [2.75, 3.05) is 26.6 Å². The van der Waals surface area contributed by atoms with Crippen LogP contribution < -0.4 is 19.5 Å². The Morgan fingerprint density at radius 3 is 2.28 bits per heavy atom. The van der Waals surface area contributed by atoms with Crippen LogP contribution in [0.25, 0.3) is 0 Å². The summed E-state index contributed by atoms with van der Waals surface area (Å²) in [5.74, 6) is 1.46. The van der Waals surface area contributed by atoms with Crippen LogP contribution >= 0.6 is 0 Å². The molecule has 0 atom stereocenters. The molecule has 25 heavy (non-hydrogen) atoms. The van der Waals surface area contributed by atoms with Crippen molar-refractivity contribution in [3.63, 3.8) is 0 Å². The first-order chi connectivity index (χ1) is 12.0. The second-order valence-corrected chi connectivity index (χ2v) is 5.68. The second-order valence-electron chi connectivity index (χ2n) is 5.68. The lowest BCUT2D eigenvalue weighted by molar-refractivity contribution is -0.115. The SMILES string of the molecule is CCc1cccc(C)c1NC(=O)Cc1ccc(OC)c(OC)c1OC. The Bertz CT molecular complexity index is 756. The van der Waals surface area contributed by atoms with Gasteiger partial charge in [0, 0.05) is 11.3 Å². The number of hydrogen-bond donors (Lipinski definition) is 1. The van der Waals surface area contributed by atoms with Crippen LogP contribution in [0.5, 0.6) is 17.2 Å². The Labute approximate surface area is 148 Å². The molecule has 2 rings (SSSR count). The summed E-state index contributed by atoms with van der Waals surface area (Å²) in [6, 6.07) is 9.61. The van der Waals surface area contributed by atoms with Gasteiger partial charge in [0.1, 0.15) is 0 Å². The minimum atomic E-state index is -0.102. The van der Waals surface area contributed by atoms with Gasteiger partial charge >= 0.3 is 0 Å². The average Bonchev–Trinajstić information content (AvgIpc) is 2.62. The largest absolute Gasteiger partial charge is 0.493 e. The highest BCUT2D eigenvalue weighted by Crippen LogP contribution is 2.40. The molecule has 0 bridgehead atoms. The minimum Gasteiger partial charge on any atom is -0.493 e. The molecular weight excluding hydrogens is 318 g/mol. The number of hydrogen-bond acceptors (Lipinski definition) is 4. The zero-order valence-corrected chi connectivity index (χ0v) is 15.4.